The number of hydrogen-bond acceptors (Lipinski definition) is 3. The number of rotatable bonds is 3. The van der Waals surface area contributed by atoms with Crippen LogP contribution in [0, 0.1) is 5.82 Å². The van der Waals surface area contributed by atoms with Crippen molar-refractivity contribution in [3.05, 3.63) is 29.6 Å². The Hall–Kier alpha value is -1.14. The maximum absolute atomic E-state index is 13.2. The Bertz CT molecular complexity index is 484. The molecule has 1 N–H and O–H groups in total. The van der Waals surface area contributed by atoms with Crippen molar-refractivity contribution in [3.63, 3.8) is 0 Å². The second kappa shape index (κ2) is 7.04. The van der Waals surface area contributed by atoms with Gasteiger partial charge in [-0.2, -0.15) is 0 Å². The predicted octanol–water partition coefficient (Wildman–Crippen LogP) is 2.07. The van der Waals surface area contributed by atoms with Gasteiger partial charge < -0.3 is 14.9 Å². The molecule has 1 aromatic carbocycles. The highest BCUT2D eigenvalue weighted by molar-refractivity contribution is 9.09. The number of phenolic OH excluding ortho intramolecular Hbond substituents is 1. The molecular weight excluding hydrogens is 327 g/mol. The van der Waals surface area contributed by atoms with Gasteiger partial charge in [-0.3, -0.25) is 4.79 Å². The van der Waals surface area contributed by atoms with Crippen LogP contribution in [-0.2, 0) is 0 Å². The summed E-state index contributed by atoms with van der Waals surface area (Å²) >= 11 is 3.41. The van der Waals surface area contributed by atoms with E-state index >= 15 is 0 Å². The van der Waals surface area contributed by atoms with E-state index in [0.717, 1.165) is 43.5 Å². The third kappa shape index (κ3) is 3.70. The van der Waals surface area contributed by atoms with E-state index < -0.39 is 5.82 Å². The highest BCUT2D eigenvalue weighted by atomic mass is 79.9. The molecular formula is C14H18BrFN2O2. The molecule has 0 unspecified atom stereocenters. The largest absolute Gasteiger partial charge is 0.507 e. The molecule has 1 fully saturated rings. The molecule has 20 heavy (non-hydrogen) atoms. The zero-order valence-electron chi connectivity index (χ0n) is 11.2. The van der Waals surface area contributed by atoms with Gasteiger partial charge in [0.25, 0.3) is 5.91 Å². The van der Waals surface area contributed by atoms with E-state index in [2.05, 4.69) is 20.8 Å². The van der Waals surface area contributed by atoms with E-state index in [-0.39, 0.29) is 17.2 Å². The van der Waals surface area contributed by atoms with E-state index in [1.807, 2.05) is 0 Å². The summed E-state index contributed by atoms with van der Waals surface area (Å²) in [6.07, 6.45) is 0.884. The lowest BCUT2D eigenvalue weighted by Gasteiger charge is -2.22. The molecule has 1 aliphatic heterocycles. The number of aromatic hydroxyl groups is 1. The summed E-state index contributed by atoms with van der Waals surface area (Å²) < 4.78 is 13.2. The van der Waals surface area contributed by atoms with Gasteiger partial charge in [-0.25, -0.2) is 4.39 Å². The van der Waals surface area contributed by atoms with Gasteiger partial charge in [-0.05, 0) is 31.2 Å². The van der Waals surface area contributed by atoms with Crippen molar-refractivity contribution in [1.29, 1.82) is 0 Å². The van der Waals surface area contributed by atoms with E-state index in [9.17, 15) is 14.3 Å². The van der Waals surface area contributed by atoms with E-state index in [0.29, 0.717) is 13.1 Å². The van der Waals surface area contributed by atoms with Gasteiger partial charge in [0.15, 0.2) is 0 Å². The van der Waals surface area contributed by atoms with Gasteiger partial charge in [0.2, 0.25) is 0 Å². The number of halogens is 2. The van der Waals surface area contributed by atoms with Crippen LogP contribution < -0.4 is 0 Å². The summed E-state index contributed by atoms with van der Waals surface area (Å²) in [5.41, 5.74) is 0.0407. The molecule has 6 heteroatoms. The van der Waals surface area contributed by atoms with E-state index in [4.69, 9.17) is 0 Å². The minimum atomic E-state index is -0.512. The maximum Gasteiger partial charge on any atom is 0.257 e. The molecule has 0 saturated carbocycles. The van der Waals surface area contributed by atoms with Crippen LogP contribution in [0.1, 0.15) is 16.8 Å². The third-order valence-electron chi connectivity index (χ3n) is 3.47. The normalized spacial score (nSPS) is 17.0. The molecule has 2 rings (SSSR count). The number of benzene rings is 1. The third-order valence-corrected chi connectivity index (χ3v) is 3.82. The summed E-state index contributed by atoms with van der Waals surface area (Å²) in [5.74, 6) is -0.984. The summed E-state index contributed by atoms with van der Waals surface area (Å²) in [4.78, 5) is 16.3. The summed E-state index contributed by atoms with van der Waals surface area (Å²) in [5, 5.41) is 10.6. The molecule has 0 aromatic heterocycles. The SMILES string of the molecule is O=C(c1cc(F)ccc1O)N1CCCN(CCBr)CC1. The Kier molecular flexibility index (Phi) is 5.37. The van der Waals surface area contributed by atoms with Crippen molar-refractivity contribution in [2.24, 2.45) is 0 Å². The molecule has 1 heterocycles. The van der Waals surface area contributed by atoms with Gasteiger partial charge in [-0.1, -0.05) is 15.9 Å². The van der Waals surface area contributed by atoms with Crippen molar-refractivity contribution < 1.29 is 14.3 Å². The van der Waals surface area contributed by atoms with Crippen molar-refractivity contribution in [2.45, 2.75) is 6.42 Å². The molecule has 0 radical (unpaired) electrons. The van der Waals surface area contributed by atoms with Gasteiger partial charge in [0, 0.05) is 31.5 Å². The van der Waals surface area contributed by atoms with Crippen LogP contribution in [0.15, 0.2) is 18.2 Å². The number of nitrogens with zero attached hydrogens (tertiary/aromatic N) is 2. The van der Waals surface area contributed by atoms with Crippen molar-refractivity contribution in [3.8, 4) is 5.75 Å². The molecule has 0 spiro atoms. The lowest BCUT2D eigenvalue weighted by atomic mass is 10.1. The fourth-order valence-electron chi connectivity index (χ4n) is 2.37. The standard InChI is InChI=1S/C14H18BrFN2O2/c15-4-7-17-5-1-6-18(9-8-17)14(20)12-10-11(16)2-3-13(12)19/h2-3,10,19H,1,4-9H2. The Morgan fingerprint density at radius 1 is 1.30 bits per heavy atom. The molecule has 1 amide bonds. The highest BCUT2D eigenvalue weighted by Crippen LogP contribution is 2.20. The van der Waals surface area contributed by atoms with E-state index in [1.54, 1.807) is 4.90 Å². The molecule has 0 aliphatic carbocycles. The van der Waals surface area contributed by atoms with Crippen molar-refractivity contribution >= 4 is 21.8 Å². The lowest BCUT2D eigenvalue weighted by Crippen LogP contribution is -2.35. The van der Waals surface area contributed by atoms with Crippen LogP contribution in [0.3, 0.4) is 0 Å². The first-order valence-corrected chi connectivity index (χ1v) is 7.80. The van der Waals surface area contributed by atoms with Gasteiger partial charge >= 0.3 is 0 Å². The summed E-state index contributed by atoms with van der Waals surface area (Å²) in [6.45, 7) is 3.93. The minimum Gasteiger partial charge on any atom is -0.507 e. The Morgan fingerprint density at radius 2 is 2.10 bits per heavy atom. The lowest BCUT2D eigenvalue weighted by molar-refractivity contribution is 0.0758. The first-order chi connectivity index (χ1) is 9.61. The van der Waals surface area contributed by atoms with Crippen LogP contribution in [0.2, 0.25) is 0 Å². The second-order valence-electron chi connectivity index (χ2n) is 4.84. The van der Waals surface area contributed by atoms with Gasteiger partial charge in [0.05, 0.1) is 5.56 Å². The van der Waals surface area contributed by atoms with Crippen molar-refractivity contribution in [1.82, 2.24) is 9.80 Å². The summed E-state index contributed by atoms with van der Waals surface area (Å²) in [6, 6.07) is 3.46. The Labute approximate surface area is 126 Å². The molecule has 1 saturated heterocycles. The Morgan fingerprint density at radius 3 is 2.85 bits per heavy atom. The quantitative estimate of drug-likeness (QED) is 0.853. The van der Waals surface area contributed by atoms with Crippen LogP contribution in [0.4, 0.5) is 4.39 Å². The molecule has 110 valence electrons. The van der Waals surface area contributed by atoms with Crippen LogP contribution in [0.25, 0.3) is 0 Å². The van der Waals surface area contributed by atoms with Crippen LogP contribution in [0.5, 0.6) is 5.75 Å². The molecule has 1 aliphatic rings. The topological polar surface area (TPSA) is 43.8 Å². The van der Waals surface area contributed by atoms with Crippen LogP contribution >= 0.6 is 15.9 Å². The Balaban J connectivity index is 2.07. The fraction of sp³-hybridized carbons (Fsp3) is 0.500. The average molecular weight is 345 g/mol. The first-order valence-electron chi connectivity index (χ1n) is 6.68. The fourth-order valence-corrected chi connectivity index (χ4v) is 2.87. The summed E-state index contributed by atoms with van der Waals surface area (Å²) in [7, 11) is 0. The highest BCUT2D eigenvalue weighted by Gasteiger charge is 2.22. The number of phenols is 1. The maximum atomic E-state index is 13.2. The van der Waals surface area contributed by atoms with E-state index in [1.165, 1.54) is 6.07 Å². The van der Waals surface area contributed by atoms with Crippen LogP contribution in [-0.4, -0.2) is 58.9 Å². The number of carbonyl (C=O) groups excluding carboxylic acids is 1. The second-order valence-corrected chi connectivity index (χ2v) is 5.63. The zero-order chi connectivity index (χ0) is 14.5. The van der Waals surface area contributed by atoms with Gasteiger partial charge in [-0.15, -0.1) is 0 Å². The number of hydrogen-bond donors (Lipinski definition) is 1. The monoisotopic (exact) mass is 344 g/mol. The average Bonchev–Trinajstić information content (AvgIpc) is 2.67. The number of carbonyl (C=O) groups is 1. The minimum absolute atomic E-state index is 0.0407. The molecule has 4 nitrogen and oxygen atoms in total. The predicted molar refractivity (Wildman–Crippen MR) is 78.8 cm³/mol. The first kappa shape index (κ1) is 15.3. The molecule has 0 atom stereocenters. The number of alkyl halides is 1. The van der Waals surface area contributed by atoms with Crippen molar-refractivity contribution in [2.75, 3.05) is 38.1 Å². The molecule has 0 bridgehead atoms. The zero-order valence-corrected chi connectivity index (χ0v) is 12.8. The van der Waals surface area contributed by atoms with Gasteiger partial charge in [0.1, 0.15) is 11.6 Å². The molecule has 1 aromatic rings. The number of amides is 1. The smallest absolute Gasteiger partial charge is 0.257 e.